The molecule has 1 aliphatic heterocycles. The molecule has 1 saturated heterocycles. The summed E-state index contributed by atoms with van der Waals surface area (Å²) >= 11 is 0. The minimum Gasteiger partial charge on any atom is -0.481 e. The molecule has 1 amide bonds. The van der Waals surface area contributed by atoms with Crippen LogP contribution in [0.25, 0.3) is 21.7 Å². The van der Waals surface area contributed by atoms with Gasteiger partial charge in [0.1, 0.15) is 11.3 Å². The van der Waals surface area contributed by atoms with Crippen LogP contribution < -0.4 is 5.32 Å². The quantitative estimate of drug-likeness (QED) is 0.722. The Kier molecular flexibility index (Phi) is 4.58. The zero-order valence-corrected chi connectivity index (χ0v) is 14.9. The average molecular weight is 367 g/mol. The molecule has 0 aliphatic carbocycles. The number of carboxylic acid groups (broad SMARTS) is 1. The molecule has 0 radical (unpaired) electrons. The van der Waals surface area contributed by atoms with Gasteiger partial charge >= 0.3 is 5.97 Å². The van der Waals surface area contributed by atoms with Crippen LogP contribution in [-0.4, -0.2) is 35.7 Å². The predicted octanol–water partition coefficient (Wildman–Crippen LogP) is 3.27. The first-order valence-corrected chi connectivity index (χ1v) is 9.05. The molecular formula is C21H21NO5. The number of carbonyl (C=O) groups excluding carboxylic acids is 1. The van der Waals surface area contributed by atoms with Gasteiger partial charge in [-0.25, -0.2) is 0 Å². The molecule has 3 aromatic rings. The van der Waals surface area contributed by atoms with Gasteiger partial charge in [-0.15, -0.1) is 0 Å². The van der Waals surface area contributed by atoms with Crippen LogP contribution in [0.2, 0.25) is 0 Å². The van der Waals surface area contributed by atoms with Crippen molar-refractivity contribution in [2.24, 2.45) is 0 Å². The molecule has 4 rings (SSSR count). The molecule has 0 saturated carbocycles. The van der Waals surface area contributed by atoms with Crippen molar-refractivity contribution in [2.45, 2.75) is 31.2 Å². The number of amides is 1. The van der Waals surface area contributed by atoms with Gasteiger partial charge in [0.15, 0.2) is 0 Å². The van der Waals surface area contributed by atoms with Crippen LogP contribution in [0, 0.1) is 0 Å². The van der Waals surface area contributed by atoms with Crippen molar-refractivity contribution in [3.8, 4) is 0 Å². The van der Waals surface area contributed by atoms with Crippen LogP contribution in [0.4, 0.5) is 0 Å². The highest BCUT2D eigenvalue weighted by Crippen LogP contribution is 2.29. The first kappa shape index (κ1) is 17.5. The van der Waals surface area contributed by atoms with Gasteiger partial charge in [-0.2, -0.15) is 0 Å². The Bertz CT molecular complexity index is 1000. The van der Waals surface area contributed by atoms with Crippen LogP contribution in [0.3, 0.4) is 0 Å². The number of carbonyl (C=O) groups is 2. The summed E-state index contributed by atoms with van der Waals surface area (Å²) in [5, 5.41) is 15.3. The molecular weight excluding hydrogens is 346 g/mol. The lowest BCUT2D eigenvalue weighted by atomic mass is 9.86. The minimum absolute atomic E-state index is 0.0746. The largest absolute Gasteiger partial charge is 0.481 e. The lowest BCUT2D eigenvalue weighted by Crippen LogP contribution is -2.53. The van der Waals surface area contributed by atoms with Crippen LogP contribution in [0.5, 0.6) is 0 Å². The van der Waals surface area contributed by atoms with Crippen molar-refractivity contribution in [3.63, 3.8) is 0 Å². The first-order valence-electron chi connectivity index (χ1n) is 9.05. The second kappa shape index (κ2) is 7.04. The van der Waals surface area contributed by atoms with Gasteiger partial charge < -0.3 is 19.6 Å². The van der Waals surface area contributed by atoms with E-state index in [9.17, 15) is 14.7 Å². The molecule has 2 aromatic carbocycles. The van der Waals surface area contributed by atoms with Gasteiger partial charge in [0.2, 0.25) is 5.91 Å². The van der Waals surface area contributed by atoms with E-state index >= 15 is 0 Å². The number of nitrogens with one attached hydrogen (secondary N) is 1. The predicted molar refractivity (Wildman–Crippen MR) is 101 cm³/mol. The summed E-state index contributed by atoms with van der Waals surface area (Å²) in [7, 11) is 0. The molecule has 140 valence electrons. The standard InChI is InChI=1S/C21H21NO5/c23-19(22-21(13-20(24)25)7-9-26-10-8-21)12-15-11-17-16-4-2-1-3-14(16)5-6-18(17)27-15/h1-6,11H,7-10,12-13H2,(H,22,23)(H,24,25). The van der Waals surface area contributed by atoms with E-state index in [1.165, 1.54) is 0 Å². The third-order valence-electron chi connectivity index (χ3n) is 5.16. The van der Waals surface area contributed by atoms with Gasteiger partial charge in [0.05, 0.1) is 18.4 Å². The van der Waals surface area contributed by atoms with Crippen LogP contribution in [0.15, 0.2) is 46.9 Å². The lowest BCUT2D eigenvalue weighted by Gasteiger charge is -2.36. The van der Waals surface area contributed by atoms with E-state index < -0.39 is 11.5 Å². The topological polar surface area (TPSA) is 88.8 Å². The molecule has 2 heterocycles. The summed E-state index contributed by atoms with van der Waals surface area (Å²) in [5.74, 6) is -0.592. The third-order valence-corrected chi connectivity index (χ3v) is 5.16. The summed E-state index contributed by atoms with van der Waals surface area (Å²) < 4.78 is 11.2. The molecule has 0 atom stereocenters. The Morgan fingerprint density at radius 2 is 1.85 bits per heavy atom. The number of hydrogen-bond acceptors (Lipinski definition) is 4. The number of ether oxygens (including phenoxy) is 1. The van der Waals surface area contributed by atoms with Crippen molar-refractivity contribution in [2.75, 3.05) is 13.2 Å². The molecule has 0 bridgehead atoms. The highest BCUT2D eigenvalue weighted by molar-refractivity contribution is 6.06. The van der Waals surface area contributed by atoms with E-state index in [4.69, 9.17) is 9.15 Å². The maximum atomic E-state index is 12.6. The highest BCUT2D eigenvalue weighted by atomic mass is 16.5. The maximum absolute atomic E-state index is 12.6. The van der Waals surface area contributed by atoms with Gasteiger partial charge in [-0.05, 0) is 35.7 Å². The summed E-state index contributed by atoms with van der Waals surface area (Å²) in [4.78, 5) is 23.8. The SMILES string of the molecule is O=C(O)CC1(NC(=O)Cc2cc3c(ccc4ccccc43)o2)CCOCC1. The Morgan fingerprint density at radius 1 is 1.07 bits per heavy atom. The van der Waals surface area contributed by atoms with Gasteiger partial charge in [-0.1, -0.05) is 30.3 Å². The van der Waals surface area contributed by atoms with Gasteiger partial charge in [0.25, 0.3) is 0 Å². The van der Waals surface area contributed by atoms with E-state index in [0.717, 1.165) is 21.7 Å². The molecule has 1 aliphatic rings. The molecule has 6 heteroatoms. The minimum atomic E-state index is -0.924. The number of aliphatic carboxylic acids is 1. The maximum Gasteiger partial charge on any atom is 0.305 e. The molecule has 27 heavy (non-hydrogen) atoms. The van der Waals surface area contributed by atoms with Gasteiger partial charge in [-0.3, -0.25) is 9.59 Å². The molecule has 1 fully saturated rings. The Labute approximate surface area is 156 Å². The van der Waals surface area contributed by atoms with Gasteiger partial charge in [0, 0.05) is 18.6 Å². The Hall–Kier alpha value is -2.86. The van der Waals surface area contributed by atoms with Crippen LogP contribution >= 0.6 is 0 Å². The van der Waals surface area contributed by atoms with Crippen molar-refractivity contribution < 1.29 is 23.8 Å². The van der Waals surface area contributed by atoms with E-state index in [2.05, 4.69) is 5.32 Å². The molecule has 2 N–H and O–H groups in total. The van der Waals surface area contributed by atoms with Crippen molar-refractivity contribution in [1.29, 1.82) is 0 Å². The number of carboxylic acids is 1. The molecule has 0 spiro atoms. The number of fused-ring (bicyclic) bond motifs is 3. The van der Waals surface area contributed by atoms with E-state index in [1.54, 1.807) is 0 Å². The smallest absolute Gasteiger partial charge is 0.305 e. The van der Waals surface area contributed by atoms with Crippen molar-refractivity contribution in [3.05, 3.63) is 48.2 Å². The Balaban J connectivity index is 1.55. The van der Waals surface area contributed by atoms with Crippen molar-refractivity contribution in [1.82, 2.24) is 5.32 Å². The van der Waals surface area contributed by atoms with Crippen LogP contribution in [-0.2, 0) is 20.7 Å². The molecule has 1 aromatic heterocycles. The summed E-state index contributed by atoms with van der Waals surface area (Å²) in [5.41, 5.74) is -0.0114. The van der Waals surface area contributed by atoms with E-state index in [1.807, 2.05) is 42.5 Å². The highest BCUT2D eigenvalue weighted by Gasteiger charge is 2.36. The van der Waals surface area contributed by atoms with E-state index in [0.29, 0.717) is 31.8 Å². The van der Waals surface area contributed by atoms with Crippen molar-refractivity contribution >= 4 is 33.6 Å². The zero-order chi connectivity index (χ0) is 18.9. The van der Waals surface area contributed by atoms with E-state index in [-0.39, 0.29) is 18.7 Å². The monoisotopic (exact) mass is 367 g/mol. The number of hydrogen-bond donors (Lipinski definition) is 2. The molecule has 0 unspecified atom stereocenters. The third kappa shape index (κ3) is 3.66. The average Bonchev–Trinajstić information content (AvgIpc) is 3.04. The second-order valence-electron chi connectivity index (χ2n) is 7.10. The Morgan fingerprint density at radius 3 is 2.63 bits per heavy atom. The fourth-order valence-electron chi connectivity index (χ4n) is 3.83. The number of rotatable bonds is 5. The summed E-state index contributed by atoms with van der Waals surface area (Å²) in [6, 6.07) is 13.8. The fourth-order valence-corrected chi connectivity index (χ4v) is 3.83. The fraction of sp³-hybridized carbons (Fsp3) is 0.333. The summed E-state index contributed by atoms with van der Waals surface area (Å²) in [6.45, 7) is 0.897. The normalized spacial score (nSPS) is 16.4. The number of furan rings is 1. The lowest BCUT2D eigenvalue weighted by molar-refractivity contribution is -0.140. The van der Waals surface area contributed by atoms with Crippen LogP contribution in [0.1, 0.15) is 25.0 Å². The second-order valence-corrected chi connectivity index (χ2v) is 7.10. The first-order chi connectivity index (χ1) is 13.0. The summed E-state index contributed by atoms with van der Waals surface area (Å²) in [6.07, 6.45) is 0.962. The zero-order valence-electron chi connectivity index (χ0n) is 14.9. The molecule has 6 nitrogen and oxygen atoms in total. The number of benzene rings is 2.